The van der Waals surface area contributed by atoms with Crippen LogP contribution in [0.1, 0.15) is 105 Å². The van der Waals surface area contributed by atoms with Crippen molar-refractivity contribution in [2.75, 3.05) is 0 Å². The lowest BCUT2D eigenvalue weighted by Crippen LogP contribution is -2.60. The van der Waals surface area contributed by atoms with E-state index in [1.807, 2.05) is 80.5 Å². The summed E-state index contributed by atoms with van der Waals surface area (Å²) in [7, 11) is 0. The highest BCUT2D eigenvalue weighted by Crippen LogP contribution is 2.34. The smallest absolute Gasteiger partial charge is 0.408 e. The quantitative estimate of drug-likeness (QED) is 0.421. The van der Waals surface area contributed by atoms with E-state index in [2.05, 4.69) is 10.6 Å². The number of hydrogen-bond acceptors (Lipinski definition) is 4. The molecule has 1 aromatic rings. The van der Waals surface area contributed by atoms with Gasteiger partial charge in [0.2, 0.25) is 11.8 Å². The Morgan fingerprint density at radius 3 is 2.00 bits per heavy atom. The number of benzene rings is 1. The predicted octanol–water partition coefficient (Wildman–Crippen LogP) is 5.83. The Bertz CT molecular complexity index is 916. The van der Waals surface area contributed by atoms with Crippen LogP contribution in [0.3, 0.4) is 0 Å². The van der Waals surface area contributed by atoms with Gasteiger partial charge in [-0.2, -0.15) is 0 Å². The molecule has 1 rings (SSSR count). The van der Waals surface area contributed by atoms with E-state index in [-0.39, 0.29) is 23.8 Å². The summed E-state index contributed by atoms with van der Waals surface area (Å²) in [5, 5.41) is 5.83. The third-order valence-corrected chi connectivity index (χ3v) is 6.11. The molecule has 0 aliphatic rings. The molecule has 0 radical (unpaired) electrons. The molecular formula is C29H49N3O4. The van der Waals surface area contributed by atoms with Gasteiger partial charge in [-0.15, -0.1) is 0 Å². The third-order valence-electron chi connectivity index (χ3n) is 6.11. The first-order valence-corrected chi connectivity index (χ1v) is 13.1. The van der Waals surface area contributed by atoms with Crippen molar-refractivity contribution in [3.8, 4) is 0 Å². The lowest BCUT2D eigenvalue weighted by molar-refractivity contribution is -0.149. The van der Waals surface area contributed by atoms with Crippen LogP contribution in [0.5, 0.6) is 0 Å². The number of nitrogens with zero attached hydrogens (tertiary/aromatic N) is 1. The number of rotatable bonds is 10. The molecular weight excluding hydrogens is 454 g/mol. The fraction of sp³-hybridized carbons (Fsp3) is 0.690. The maximum Gasteiger partial charge on any atom is 0.408 e. The third kappa shape index (κ3) is 9.14. The highest BCUT2D eigenvalue weighted by atomic mass is 16.6. The van der Waals surface area contributed by atoms with Gasteiger partial charge in [-0.3, -0.25) is 9.59 Å². The van der Waals surface area contributed by atoms with Gasteiger partial charge in [-0.25, -0.2) is 4.79 Å². The fourth-order valence-corrected chi connectivity index (χ4v) is 4.15. The van der Waals surface area contributed by atoms with Crippen LogP contribution >= 0.6 is 0 Å². The van der Waals surface area contributed by atoms with Crippen molar-refractivity contribution in [1.29, 1.82) is 0 Å². The molecule has 36 heavy (non-hydrogen) atoms. The van der Waals surface area contributed by atoms with Crippen LogP contribution in [-0.2, 0) is 14.3 Å². The van der Waals surface area contributed by atoms with Gasteiger partial charge in [0.15, 0.2) is 0 Å². The van der Waals surface area contributed by atoms with E-state index in [1.54, 1.807) is 25.7 Å². The SMILES string of the molecule is CCC(C)(C)N(C(=O)C(CC(C)C)NC(=O)OC(C)(C)C)C(C(=O)NC(C)C)c1ccc(C)cc1C. The second-order valence-corrected chi connectivity index (χ2v) is 12.1. The number of aryl methyl sites for hydroxylation is 2. The maximum atomic E-state index is 14.3. The molecule has 0 aromatic heterocycles. The molecule has 7 heteroatoms. The summed E-state index contributed by atoms with van der Waals surface area (Å²) < 4.78 is 5.47. The maximum absolute atomic E-state index is 14.3. The van der Waals surface area contributed by atoms with Crippen LogP contribution in [0.15, 0.2) is 18.2 Å². The highest BCUT2D eigenvalue weighted by Gasteiger charge is 2.43. The van der Waals surface area contributed by atoms with Gasteiger partial charge in [-0.05, 0) is 92.2 Å². The minimum atomic E-state index is -0.856. The fourth-order valence-electron chi connectivity index (χ4n) is 4.15. The van der Waals surface area contributed by atoms with Gasteiger partial charge in [0.05, 0.1) is 0 Å². The molecule has 3 amide bonds. The number of alkyl carbamates (subject to hydrolysis) is 1. The Labute approximate surface area is 218 Å². The van der Waals surface area contributed by atoms with Crippen LogP contribution in [0.25, 0.3) is 0 Å². The van der Waals surface area contributed by atoms with Crippen LogP contribution < -0.4 is 10.6 Å². The molecule has 2 atom stereocenters. The molecule has 0 saturated carbocycles. The van der Waals surface area contributed by atoms with Gasteiger partial charge in [-0.1, -0.05) is 44.5 Å². The normalized spacial score (nSPS) is 13.8. The number of nitrogens with one attached hydrogen (secondary N) is 2. The first-order chi connectivity index (χ1) is 16.4. The topological polar surface area (TPSA) is 87.7 Å². The molecule has 0 aliphatic carbocycles. The monoisotopic (exact) mass is 503 g/mol. The van der Waals surface area contributed by atoms with Crippen molar-refractivity contribution in [3.05, 3.63) is 34.9 Å². The zero-order chi connectivity index (χ0) is 28.0. The Morgan fingerprint density at radius 2 is 1.56 bits per heavy atom. The van der Waals surface area contributed by atoms with Crippen molar-refractivity contribution in [2.24, 2.45) is 5.92 Å². The van der Waals surface area contributed by atoms with E-state index in [9.17, 15) is 14.4 Å². The van der Waals surface area contributed by atoms with E-state index in [0.717, 1.165) is 16.7 Å². The minimum Gasteiger partial charge on any atom is -0.444 e. The summed E-state index contributed by atoms with van der Waals surface area (Å²) >= 11 is 0. The molecule has 1 aromatic carbocycles. The molecule has 0 saturated heterocycles. The van der Waals surface area contributed by atoms with E-state index in [4.69, 9.17) is 4.74 Å². The summed E-state index contributed by atoms with van der Waals surface area (Å²) in [6.45, 7) is 23.0. The second-order valence-electron chi connectivity index (χ2n) is 12.1. The summed E-state index contributed by atoms with van der Waals surface area (Å²) in [5.74, 6) is -0.415. The number of ether oxygens (including phenoxy) is 1. The second kappa shape index (κ2) is 12.6. The van der Waals surface area contributed by atoms with Crippen LogP contribution in [0.4, 0.5) is 4.79 Å². The molecule has 7 nitrogen and oxygen atoms in total. The van der Waals surface area contributed by atoms with Gasteiger partial charge < -0.3 is 20.3 Å². The predicted molar refractivity (Wildman–Crippen MR) is 146 cm³/mol. The zero-order valence-corrected chi connectivity index (χ0v) is 24.5. The molecule has 0 aliphatic heterocycles. The first kappa shape index (κ1) is 31.5. The molecule has 0 fully saturated rings. The van der Waals surface area contributed by atoms with E-state index in [1.165, 1.54) is 0 Å². The first-order valence-electron chi connectivity index (χ1n) is 13.1. The number of carbonyl (C=O) groups is 3. The lowest BCUT2D eigenvalue weighted by atomic mass is 9.89. The number of hydrogen-bond donors (Lipinski definition) is 2. The average molecular weight is 504 g/mol. The Hall–Kier alpha value is -2.57. The van der Waals surface area contributed by atoms with Crippen molar-refractivity contribution in [2.45, 2.75) is 125 Å². The zero-order valence-electron chi connectivity index (χ0n) is 24.5. The molecule has 0 bridgehead atoms. The van der Waals surface area contributed by atoms with Gasteiger partial charge in [0, 0.05) is 11.6 Å². The van der Waals surface area contributed by atoms with Gasteiger partial charge >= 0.3 is 6.09 Å². The molecule has 0 heterocycles. The minimum absolute atomic E-state index is 0.0983. The molecule has 0 spiro atoms. The van der Waals surface area contributed by atoms with Crippen LogP contribution in [-0.4, -0.2) is 46.0 Å². The number of amides is 3. The van der Waals surface area contributed by atoms with Crippen LogP contribution in [0, 0.1) is 19.8 Å². The van der Waals surface area contributed by atoms with Crippen molar-refractivity contribution < 1.29 is 19.1 Å². The summed E-state index contributed by atoms with van der Waals surface area (Å²) in [4.78, 5) is 42.5. The van der Waals surface area contributed by atoms with E-state index >= 15 is 0 Å². The van der Waals surface area contributed by atoms with Crippen LogP contribution in [0.2, 0.25) is 0 Å². The summed E-state index contributed by atoms with van der Waals surface area (Å²) in [6, 6.07) is 4.12. The van der Waals surface area contributed by atoms with E-state index < -0.39 is 29.3 Å². The average Bonchev–Trinajstić information content (AvgIpc) is 2.69. The van der Waals surface area contributed by atoms with Gasteiger partial charge in [0.1, 0.15) is 17.7 Å². The van der Waals surface area contributed by atoms with Crippen molar-refractivity contribution in [3.63, 3.8) is 0 Å². The Balaban J connectivity index is 3.70. The standard InChI is InChI=1S/C29H49N3O4/c1-13-29(11,12)32(26(34)23(16-18(2)3)31-27(35)36-28(8,9)10)24(25(33)30-19(4)5)22-15-14-20(6)17-21(22)7/h14-15,17-19,23-24H,13,16H2,1-12H3,(H,30,33)(H,31,35). The van der Waals surface area contributed by atoms with E-state index in [0.29, 0.717) is 12.8 Å². The van der Waals surface area contributed by atoms with Gasteiger partial charge in [0.25, 0.3) is 0 Å². The van der Waals surface area contributed by atoms with Crippen molar-refractivity contribution >= 4 is 17.9 Å². The summed E-state index contributed by atoms with van der Waals surface area (Å²) in [5.41, 5.74) is 1.42. The summed E-state index contributed by atoms with van der Waals surface area (Å²) in [6.07, 6.45) is 0.390. The molecule has 2 N–H and O–H groups in total. The Kier molecular flexibility index (Phi) is 11.0. The molecule has 2 unspecified atom stereocenters. The highest BCUT2D eigenvalue weighted by molar-refractivity contribution is 5.93. The lowest BCUT2D eigenvalue weighted by Gasteiger charge is -2.45. The molecule has 204 valence electrons. The van der Waals surface area contributed by atoms with Crippen molar-refractivity contribution in [1.82, 2.24) is 15.5 Å². The Morgan fingerprint density at radius 1 is 0.972 bits per heavy atom. The number of carbonyl (C=O) groups excluding carboxylic acids is 3. The largest absolute Gasteiger partial charge is 0.444 e.